The predicted molar refractivity (Wildman–Crippen MR) is 196 cm³/mol. The maximum absolute atomic E-state index is 14.2. The number of aryl methyl sites for hydroxylation is 1. The van der Waals surface area contributed by atoms with E-state index in [0.717, 1.165) is 28.2 Å². The number of hydrogen-bond acceptors (Lipinski definition) is 8. The van der Waals surface area contributed by atoms with Crippen LogP contribution in [0.2, 0.25) is 10.0 Å². The average molecular weight is 733 g/mol. The Hall–Kier alpha value is -4.77. The van der Waals surface area contributed by atoms with Crippen LogP contribution in [0.1, 0.15) is 48.0 Å². The highest BCUT2D eigenvalue weighted by molar-refractivity contribution is 7.07. The van der Waals surface area contributed by atoms with Crippen molar-refractivity contribution >= 4 is 46.6 Å². The van der Waals surface area contributed by atoms with E-state index < -0.39 is 12.0 Å². The second kappa shape index (κ2) is 15.0. The minimum absolute atomic E-state index is 0.236. The lowest BCUT2D eigenvalue weighted by atomic mass is 9.97. The Labute approximate surface area is 303 Å². The van der Waals surface area contributed by atoms with Crippen molar-refractivity contribution in [3.8, 4) is 22.9 Å². The molecule has 0 amide bonds. The van der Waals surface area contributed by atoms with E-state index in [1.807, 2.05) is 76.2 Å². The van der Waals surface area contributed by atoms with Crippen molar-refractivity contribution in [1.29, 1.82) is 0 Å². The van der Waals surface area contributed by atoms with Crippen LogP contribution < -0.4 is 29.1 Å². The van der Waals surface area contributed by atoms with Gasteiger partial charge in [-0.05, 0) is 99.5 Å². The van der Waals surface area contributed by atoms with Gasteiger partial charge in [-0.25, -0.2) is 9.79 Å². The van der Waals surface area contributed by atoms with Crippen LogP contribution in [-0.4, -0.2) is 35.4 Å². The molecule has 0 radical (unpaired) electrons. The maximum Gasteiger partial charge on any atom is 0.337 e. The predicted octanol–water partition coefficient (Wildman–Crippen LogP) is 7.11. The molecule has 0 saturated carbocycles. The lowest BCUT2D eigenvalue weighted by Gasteiger charge is -2.23. The summed E-state index contributed by atoms with van der Waals surface area (Å²) in [6.07, 6.45) is 3.35. The van der Waals surface area contributed by atoms with Gasteiger partial charge in [0.15, 0.2) is 16.3 Å². The first-order valence-electron chi connectivity index (χ1n) is 16.0. The number of carbonyl (C=O) groups excluding carboxylic acids is 1. The standard InChI is InChI=1S/C38H35Cl2N3O6S/c1-6-47-32-15-9-24(17-33(32)48-7-2)35-30(37(45)46-5)20-41-38-43(35)36(44)34(50-38)18-26-16-22(3)42(23(26)4)28-11-13-29(14-12-28)49-21-25-8-10-27(39)19-31(25)40/h8-20,35H,6-7,21H2,1-5H3/b34-18+/t35-/m1/s1. The lowest BCUT2D eigenvalue weighted by molar-refractivity contribution is -0.136. The second-order valence-corrected chi connectivity index (χ2v) is 13.3. The molecular weight excluding hydrogens is 697 g/mol. The number of halogens is 2. The molecule has 0 spiro atoms. The SMILES string of the molecule is CCOc1ccc([C@@H]2C(C(=O)OC)=CN=c3s/c(=C/c4cc(C)n(-c5ccc(OCc6ccc(Cl)cc6Cl)cc5)c4C)c(=O)n32)cc1OCC. The van der Waals surface area contributed by atoms with Crippen molar-refractivity contribution in [2.75, 3.05) is 20.3 Å². The van der Waals surface area contributed by atoms with Crippen LogP contribution in [-0.2, 0) is 16.1 Å². The number of methoxy groups -OCH3 is 1. The third-order valence-corrected chi connectivity index (χ3v) is 9.85. The Morgan fingerprint density at radius 2 is 1.68 bits per heavy atom. The van der Waals surface area contributed by atoms with Crippen molar-refractivity contribution in [3.63, 3.8) is 0 Å². The molecule has 0 N–H and O–H groups in total. The van der Waals surface area contributed by atoms with Gasteiger partial charge in [0.25, 0.3) is 5.56 Å². The van der Waals surface area contributed by atoms with Crippen LogP contribution in [0.25, 0.3) is 11.8 Å². The first-order chi connectivity index (χ1) is 24.1. The molecule has 0 saturated heterocycles. The summed E-state index contributed by atoms with van der Waals surface area (Å²) in [5, 5.41) is 1.13. The molecule has 0 fully saturated rings. The Morgan fingerprint density at radius 1 is 0.940 bits per heavy atom. The molecule has 1 atom stereocenters. The zero-order chi connectivity index (χ0) is 35.5. The van der Waals surface area contributed by atoms with Gasteiger partial charge >= 0.3 is 5.97 Å². The van der Waals surface area contributed by atoms with Gasteiger partial charge in [0.2, 0.25) is 0 Å². The van der Waals surface area contributed by atoms with Crippen LogP contribution in [0.5, 0.6) is 17.2 Å². The number of benzene rings is 3. The van der Waals surface area contributed by atoms with Gasteiger partial charge in [-0.15, -0.1) is 0 Å². The monoisotopic (exact) mass is 731 g/mol. The molecule has 3 heterocycles. The fourth-order valence-electron chi connectivity index (χ4n) is 5.95. The van der Waals surface area contributed by atoms with Gasteiger partial charge in [-0.3, -0.25) is 9.36 Å². The number of aromatic nitrogens is 2. The van der Waals surface area contributed by atoms with Gasteiger partial charge in [-0.2, -0.15) is 0 Å². The van der Waals surface area contributed by atoms with Gasteiger partial charge in [-0.1, -0.05) is 46.7 Å². The first-order valence-corrected chi connectivity index (χ1v) is 17.6. The van der Waals surface area contributed by atoms with Crippen molar-refractivity contribution in [1.82, 2.24) is 9.13 Å². The molecular formula is C38H35Cl2N3O6S. The zero-order valence-corrected chi connectivity index (χ0v) is 30.5. The number of rotatable bonds is 11. The van der Waals surface area contributed by atoms with E-state index in [1.54, 1.807) is 28.8 Å². The summed E-state index contributed by atoms with van der Waals surface area (Å²) in [6, 6.07) is 19.8. The van der Waals surface area contributed by atoms with E-state index in [0.29, 0.717) is 62.0 Å². The van der Waals surface area contributed by atoms with Crippen molar-refractivity contribution < 1.29 is 23.7 Å². The number of esters is 1. The van der Waals surface area contributed by atoms with Gasteiger partial charge < -0.3 is 23.5 Å². The number of fused-ring (bicyclic) bond motifs is 1. The van der Waals surface area contributed by atoms with Crippen molar-refractivity contribution in [2.24, 2.45) is 4.99 Å². The lowest BCUT2D eigenvalue weighted by Crippen LogP contribution is -2.39. The number of hydrogen-bond donors (Lipinski definition) is 0. The summed E-state index contributed by atoms with van der Waals surface area (Å²) in [5.41, 5.74) is 5.25. The molecule has 6 rings (SSSR count). The highest BCUT2D eigenvalue weighted by atomic mass is 35.5. The number of ether oxygens (including phenoxy) is 4. The minimum Gasteiger partial charge on any atom is -0.490 e. The fourth-order valence-corrected chi connectivity index (χ4v) is 7.37. The van der Waals surface area contributed by atoms with Crippen LogP contribution in [0, 0.1) is 13.8 Å². The Bertz CT molecular complexity index is 2290. The van der Waals surface area contributed by atoms with Crippen LogP contribution in [0.4, 0.5) is 0 Å². The topological polar surface area (TPSA) is 93.3 Å². The minimum atomic E-state index is -0.778. The fraction of sp³-hybridized carbons (Fsp3) is 0.237. The highest BCUT2D eigenvalue weighted by Crippen LogP contribution is 2.35. The second-order valence-electron chi connectivity index (χ2n) is 11.4. The molecule has 1 aliphatic rings. The first kappa shape index (κ1) is 35.1. The largest absolute Gasteiger partial charge is 0.490 e. The summed E-state index contributed by atoms with van der Waals surface area (Å²) < 4.78 is 26.8. The number of thiazole rings is 1. The molecule has 0 bridgehead atoms. The van der Waals surface area contributed by atoms with E-state index in [-0.39, 0.29) is 11.1 Å². The molecule has 5 aromatic rings. The van der Waals surface area contributed by atoms with Gasteiger partial charge in [0, 0.05) is 38.9 Å². The van der Waals surface area contributed by atoms with Crippen LogP contribution >= 0.6 is 34.5 Å². The summed E-state index contributed by atoms with van der Waals surface area (Å²) in [7, 11) is 1.31. The Kier molecular flexibility index (Phi) is 10.5. The van der Waals surface area contributed by atoms with Crippen molar-refractivity contribution in [3.05, 3.63) is 136 Å². The molecule has 0 unspecified atom stereocenters. The number of nitrogens with zero attached hydrogens (tertiary/aromatic N) is 3. The van der Waals surface area contributed by atoms with Crippen LogP contribution in [0.15, 0.2) is 88.3 Å². The molecule has 2 aromatic heterocycles. The Morgan fingerprint density at radius 3 is 2.38 bits per heavy atom. The molecule has 50 heavy (non-hydrogen) atoms. The summed E-state index contributed by atoms with van der Waals surface area (Å²) in [6.45, 7) is 8.99. The van der Waals surface area contributed by atoms with E-state index in [2.05, 4.69) is 9.56 Å². The van der Waals surface area contributed by atoms with Crippen molar-refractivity contribution in [2.45, 2.75) is 40.3 Å². The molecule has 9 nitrogen and oxygen atoms in total. The number of carbonyl (C=O) groups is 1. The Balaban J connectivity index is 1.34. The van der Waals surface area contributed by atoms with Gasteiger partial charge in [0.1, 0.15) is 12.4 Å². The zero-order valence-electron chi connectivity index (χ0n) is 28.2. The smallest absolute Gasteiger partial charge is 0.337 e. The third-order valence-electron chi connectivity index (χ3n) is 8.27. The van der Waals surface area contributed by atoms with Gasteiger partial charge in [0.05, 0.1) is 36.5 Å². The molecule has 0 aliphatic carbocycles. The summed E-state index contributed by atoms with van der Waals surface area (Å²) in [5.74, 6) is 1.22. The van der Waals surface area contributed by atoms with Crippen LogP contribution in [0.3, 0.4) is 0 Å². The molecule has 258 valence electrons. The van der Waals surface area contributed by atoms with E-state index in [4.69, 9.17) is 42.1 Å². The average Bonchev–Trinajstić information content (AvgIpc) is 3.58. The molecule has 1 aliphatic heterocycles. The molecule has 12 heteroatoms. The molecule has 3 aromatic carbocycles. The maximum atomic E-state index is 14.2. The van der Waals surface area contributed by atoms with E-state index in [9.17, 15) is 9.59 Å². The summed E-state index contributed by atoms with van der Waals surface area (Å²) >= 11 is 13.6. The highest BCUT2D eigenvalue weighted by Gasteiger charge is 2.31. The third kappa shape index (κ3) is 6.96. The van der Waals surface area contributed by atoms with E-state index in [1.165, 1.54) is 24.6 Å². The quantitative estimate of drug-likeness (QED) is 0.135. The summed E-state index contributed by atoms with van der Waals surface area (Å²) in [4.78, 5) is 32.1. The van der Waals surface area contributed by atoms with E-state index >= 15 is 0 Å². The normalized spacial score (nSPS) is 14.1.